The number of aromatic nitrogens is 1. The van der Waals surface area contributed by atoms with E-state index in [1.807, 2.05) is 12.1 Å². The average molecular weight is 229 g/mol. The van der Waals surface area contributed by atoms with Crippen molar-refractivity contribution in [3.05, 3.63) is 30.1 Å². The van der Waals surface area contributed by atoms with E-state index >= 15 is 0 Å². The smallest absolute Gasteiger partial charge is 0.264 e. The lowest BCUT2D eigenvalue weighted by Crippen LogP contribution is -2.34. The molecule has 0 unspecified atom stereocenters. The van der Waals surface area contributed by atoms with Gasteiger partial charge in [-0.3, -0.25) is 4.98 Å². The molecule has 0 aliphatic carbocycles. The highest BCUT2D eigenvalue weighted by atomic mass is 32.2. The Morgan fingerprint density at radius 1 is 1.47 bits per heavy atom. The van der Waals surface area contributed by atoms with Crippen LogP contribution in [0.4, 0.5) is 0 Å². The molecule has 0 radical (unpaired) electrons. The van der Waals surface area contributed by atoms with Crippen LogP contribution in [0.5, 0.6) is 0 Å². The number of hydrogen-bond donors (Lipinski definition) is 2. The quantitative estimate of drug-likeness (QED) is 0.678. The largest absolute Gasteiger partial charge is 0.276 e. The van der Waals surface area contributed by atoms with Crippen LogP contribution in [-0.2, 0) is 16.6 Å². The summed E-state index contributed by atoms with van der Waals surface area (Å²) in [5.74, 6) is 0. The van der Waals surface area contributed by atoms with Crippen LogP contribution in [0.1, 0.15) is 12.0 Å². The summed E-state index contributed by atoms with van der Waals surface area (Å²) >= 11 is 0. The van der Waals surface area contributed by atoms with Gasteiger partial charge in [-0.15, -0.1) is 0 Å². The number of hydrogen-bond acceptors (Lipinski definition) is 3. The third-order valence-corrected chi connectivity index (χ3v) is 3.05. The fourth-order valence-corrected chi connectivity index (χ4v) is 1.67. The molecule has 0 bridgehead atoms. The van der Waals surface area contributed by atoms with Crippen molar-refractivity contribution in [1.29, 1.82) is 0 Å². The summed E-state index contributed by atoms with van der Waals surface area (Å²) in [6.45, 7) is 0.429. The molecule has 0 aliphatic rings. The first-order chi connectivity index (χ1) is 7.14. The van der Waals surface area contributed by atoms with Crippen LogP contribution < -0.4 is 9.44 Å². The summed E-state index contributed by atoms with van der Waals surface area (Å²) in [5, 5.41) is 0. The van der Waals surface area contributed by atoms with Crippen LogP contribution in [0.15, 0.2) is 24.5 Å². The van der Waals surface area contributed by atoms with Crippen LogP contribution in [0, 0.1) is 0 Å². The minimum atomic E-state index is -3.29. The number of pyridine rings is 1. The summed E-state index contributed by atoms with van der Waals surface area (Å²) in [7, 11) is -1.91. The fourth-order valence-electron chi connectivity index (χ4n) is 1.12. The van der Waals surface area contributed by atoms with Gasteiger partial charge in [0.1, 0.15) is 0 Å². The van der Waals surface area contributed by atoms with Gasteiger partial charge in [-0.1, -0.05) is 6.07 Å². The first-order valence-corrected chi connectivity index (χ1v) is 6.19. The maximum absolute atomic E-state index is 11.0. The molecule has 84 valence electrons. The summed E-state index contributed by atoms with van der Waals surface area (Å²) < 4.78 is 26.6. The second kappa shape index (κ2) is 5.79. The van der Waals surface area contributed by atoms with E-state index in [4.69, 9.17) is 0 Å². The molecule has 6 heteroatoms. The van der Waals surface area contributed by atoms with E-state index in [9.17, 15) is 8.42 Å². The van der Waals surface area contributed by atoms with Crippen LogP contribution in [0.3, 0.4) is 0 Å². The highest BCUT2D eigenvalue weighted by Gasteiger charge is 2.03. The highest BCUT2D eigenvalue weighted by molar-refractivity contribution is 7.87. The molecule has 5 nitrogen and oxygen atoms in total. The monoisotopic (exact) mass is 229 g/mol. The zero-order valence-corrected chi connectivity index (χ0v) is 9.42. The van der Waals surface area contributed by atoms with Gasteiger partial charge in [-0.25, -0.2) is 9.44 Å². The van der Waals surface area contributed by atoms with Crippen LogP contribution in [0.25, 0.3) is 0 Å². The van der Waals surface area contributed by atoms with Gasteiger partial charge in [0.05, 0.1) is 0 Å². The molecule has 0 saturated carbocycles. The molecule has 0 fully saturated rings. The molecule has 1 heterocycles. The van der Waals surface area contributed by atoms with Crippen molar-refractivity contribution in [3.8, 4) is 0 Å². The van der Waals surface area contributed by atoms with Crippen LogP contribution in [-0.4, -0.2) is 27.0 Å². The molecule has 0 atom stereocenters. The topological polar surface area (TPSA) is 71.1 Å². The summed E-state index contributed by atoms with van der Waals surface area (Å²) in [4.78, 5) is 3.98. The summed E-state index contributed by atoms with van der Waals surface area (Å²) in [6.07, 6.45) is 5.08. The number of rotatable bonds is 6. The summed E-state index contributed by atoms with van der Waals surface area (Å²) in [6, 6.07) is 3.84. The van der Waals surface area contributed by atoms with Gasteiger partial charge in [0.15, 0.2) is 0 Å². The molecule has 2 N–H and O–H groups in total. The Morgan fingerprint density at radius 3 is 2.87 bits per heavy atom. The Bertz CT molecular complexity index is 378. The van der Waals surface area contributed by atoms with Crippen molar-refractivity contribution in [2.24, 2.45) is 0 Å². The molecule has 0 amide bonds. The van der Waals surface area contributed by atoms with Crippen LogP contribution in [0.2, 0.25) is 0 Å². The second-order valence-corrected chi connectivity index (χ2v) is 4.77. The fraction of sp³-hybridized carbons (Fsp3) is 0.444. The first-order valence-electron chi connectivity index (χ1n) is 4.71. The molecule has 0 aromatic carbocycles. The minimum Gasteiger partial charge on any atom is -0.264 e. The van der Waals surface area contributed by atoms with Gasteiger partial charge in [0.25, 0.3) is 10.2 Å². The number of nitrogens with zero attached hydrogens (tertiary/aromatic N) is 1. The van der Waals surface area contributed by atoms with Gasteiger partial charge in [0.2, 0.25) is 0 Å². The van der Waals surface area contributed by atoms with Gasteiger partial charge in [-0.2, -0.15) is 8.42 Å². The maximum atomic E-state index is 11.0. The second-order valence-electron chi connectivity index (χ2n) is 3.07. The molecule has 1 aromatic heterocycles. The van der Waals surface area contributed by atoms with E-state index < -0.39 is 10.2 Å². The Morgan fingerprint density at radius 2 is 2.27 bits per heavy atom. The molecular formula is C9H15N3O2S. The molecule has 0 aliphatic heterocycles. The summed E-state index contributed by atoms with van der Waals surface area (Å²) in [5.41, 5.74) is 1.11. The Kier molecular flexibility index (Phi) is 4.67. The van der Waals surface area contributed by atoms with Crippen molar-refractivity contribution in [3.63, 3.8) is 0 Å². The van der Waals surface area contributed by atoms with E-state index in [1.54, 1.807) is 12.4 Å². The van der Waals surface area contributed by atoms with Crippen molar-refractivity contribution in [2.45, 2.75) is 12.8 Å². The minimum absolute atomic E-state index is 0.429. The van der Waals surface area contributed by atoms with E-state index in [-0.39, 0.29) is 0 Å². The van der Waals surface area contributed by atoms with E-state index in [1.165, 1.54) is 7.05 Å². The molecule has 0 spiro atoms. The van der Waals surface area contributed by atoms with Crippen molar-refractivity contribution < 1.29 is 8.42 Å². The normalized spacial score (nSPS) is 11.5. The SMILES string of the molecule is CNS(=O)(=O)NCCCc1cccnc1. The highest BCUT2D eigenvalue weighted by Crippen LogP contribution is 1.99. The lowest BCUT2D eigenvalue weighted by atomic mass is 10.2. The van der Waals surface area contributed by atoms with Crippen molar-refractivity contribution >= 4 is 10.2 Å². The standard InChI is InChI=1S/C9H15N3O2S/c1-10-15(13,14)12-7-3-5-9-4-2-6-11-8-9/h2,4,6,8,10,12H,3,5,7H2,1H3. The zero-order chi connectivity index (χ0) is 11.1. The van der Waals surface area contributed by atoms with E-state index in [2.05, 4.69) is 14.4 Å². The molecule has 15 heavy (non-hydrogen) atoms. The van der Waals surface area contributed by atoms with Crippen molar-refractivity contribution in [2.75, 3.05) is 13.6 Å². The maximum Gasteiger partial charge on any atom is 0.276 e. The molecule has 1 aromatic rings. The van der Waals surface area contributed by atoms with Gasteiger partial charge in [0, 0.05) is 26.0 Å². The molecular weight excluding hydrogens is 214 g/mol. The van der Waals surface area contributed by atoms with Gasteiger partial charge >= 0.3 is 0 Å². The Balaban J connectivity index is 2.24. The van der Waals surface area contributed by atoms with E-state index in [0.717, 1.165) is 18.4 Å². The lowest BCUT2D eigenvalue weighted by molar-refractivity contribution is 0.570. The average Bonchev–Trinajstić information content (AvgIpc) is 2.26. The molecule has 1 rings (SSSR count). The number of nitrogens with one attached hydrogen (secondary N) is 2. The third kappa shape index (κ3) is 4.87. The zero-order valence-electron chi connectivity index (χ0n) is 8.60. The van der Waals surface area contributed by atoms with E-state index in [0.29, 0.717) is 6.54 Å². The van der Waals surface area contributed by atoms with Crippen molar-refractivity contribution in [1.82, 2.24) is 14.4 Å². The van der Waals surface area contributed by atoms with Gasteiger partial charge in [-0.05, 0) is 24.5 Å². The van der Waals surface area contributed by atoms with Crippen LogP contribution >= 0.6 is 0 Å². The Labute approximate surface area is 90.1 Å². The number of aryl methyl sites for hydroxylation is 1. The Hall–Kier alpha value is -0.980. The lowest BCUT2D eigenvalue weighted by Gasteiger charge is -2.04. The first kappa shape index (κ1) is 12.1. The third-order valence-electron chi connectivity index (χ3n) is 1.93. The predicted molar refractivity (Wildman–Crippen MR) is 58.5 cm³/mol. The van der Waals surface area contributed by atoms with Gasteiger partial charge < -0.3 is 0 Å². The predicted octanol–water partition coefficient (Wildman–Crippen LogP) is 0.0680. The molecule has 0 saturated heterocycles.